The minimum Gasteiger partial charge on any atom is -0.467 e. The average molecular weight is 441 g/mol. The zero-order valence-electron chi connectivity index (χ0n) is 18.9. The van der Waals surface area contributed by atoms with Gasteiger partial charge in [-0.1, -0.05) is 30.3 Å². The lowest BCUT2D eigenvalue weighted by Crippen LogP contribution is -2.44. The molecule has 1 saturated heterocycles. The first-order chi connectivity index (χ1) is 15.6. The summed E-state index contributed by atoms with van der Waals surface area (Å²) in [5.74, 6) is 1.29. The number of hydrogen-bond donors (Lipinski definition) is 2. The van der Waals surface area contributed by atoms with Gasteiger partial charge < -0.3 is 20.1 Å². The number of likely N-dealkylation sites (tertiary alicyclic amines) is 1. The summed E-state index contributed by atoms with van der Waals surface area (Å²) >= 11 is 0. The van der Waals surface area contributed by atoms with Crippen LogP contribution >= 0.6 is 0 Å². The molecule has 2 unspecified atom stereocenters. The Kier molecular flexibility index (Phi) is 7.60. The fourth-order valence-electron chi connectivity index (χ4n) is 4.49. The van der Waals surface area contributed by atoms with Gasteiger partial charge in [-0.2, -0.15) is 0 Å². The highest BCUT2D eigenvalue weighted by molar-refractivity contribution is 5.80. The van der Waals surface area contributed by atoms with E-state index in [9.17, 15) is 4.39 Å². The second kappa shape index (κ2) is 10.8. The van der Waals surface area contributed by atoms with Crippen LogP contribution in [0.4, 0.5) is 4.39 Å². The summed E-state index contributed by atoms with van der Waals surface area (Å²) < 4.78 is 24.9. The Bertz CT molecular complexity index is 922. The first kappa shape index (κ1) is 22.6. The zero-order valence-corrected chi connectivity index (χ0v) is 18.9. The third-order valence-electron chi connectivity index (χ3n) is 6.02. The van der Waals surface area contributed by atoms with Crippen molar-refractivity contribution in [3.05, 3.63) is 65.0 Å². The van der Waals surface area contributed by atoms with Crippen LogP contribution in [-0.4, -0.2) is 49.4 Å². The molecule has 0 radical (unpaired) electrons. The maximum Gasteiger partial charge on any atom is 0.191 e. The van der Waals surface area contributed by atoms with E-state index in [-0.39, 0.29) is 12.6 Å². The summed E-state index contributed by atoms with van der Waals surface area (Å²) in [6.07, 6.45) is 1.68. The monoisotopic (exact) mass is 440 g/mol. The van der Waals surface area contributed by atoms with Crippen molar-refractivity contribution in [3.8, 4) is 5.75 Å². The van der Waals surface area contributed by atoms with E-state index in [0.29, 0.717) is 31.7 Å². The van der Waals surface area contributed by atoms with Crippen LogP contribution in [-0.2, 0) is 24.3 Å². The average Bonchev–Trinajstić information content (AvgIpc) is 3.13. The van der Waals surface area contributed by atoms with Crippen LogP contribution in [0.15, 0.2) is 47.5 Å². The second-order valence-electron chi connectivity index (χ2n) is 8.52. The first-order valence-electron chi connectivity index (χ1n) is 11.5. The molecule has 4 rings (SSSR count). The van der Waals surface area contributed by atoms with Gasteiger partial charge in [0, 0.05) is 43.8 Å². The lowest BCUT2D eigenvalue weighted by atomic mass is 10.1. The van der Waals surface area contributed by atoms with Gasteiger partial charge in [0.2, 0.25) is 0 Å². The molecule has 0 aliphatic carbocycles. The van der Waals surface area contributed by atoms with Crippen molar-refractivity contribution in [2.75, 3.05) is 26.4 Å². The van der Waals surface area contributed by atoms with Crippen LogP contribution in [0, 0.1) is 5.82 Å². The van der Waals surface area contributed by atoms with Crippen LogP contribution < -0.4 is 15.4 Å². The number of ether oxygens (including phenoxy) is 2. The molecule has 32 heavy (non-hydrogen) atoms. The summed E-state index contributed by atoms with van der Waals surface area (Å²) in [7, 11) is 0. The Morgan fingerprint density at radius 2 is 2.09 bits per heavy atom. The quantitative estimate of drug-likeness (QED) is 0.510. The Hall–Kier alpha value is -2.64. The fourth-order valence-corrected chi connectivity index (χ4v) is 4.49. The van der Waals surface area contributed by atoms with Gasteiger partial charge in [0.25, 0.3) is 0 Å². The van der Waals surface area contributed by atoms with Gasteiger partial charge in [-0.05, 0) is 49.9 Å². The predicted molar refractivity (Wildman–Crippen MR) is 124 cm³/mol. The molecule has 2 aromatic carbocycles. The Morgan fingerprint density at radius 3 is 2.91 bits per heavy atom. The summed E-state index contributed by atoms with van der Waals surface area (Å²) in [6.45, 7) is 8.21. The number of nitrogens with zero attached hydrogens (tertiary/aromatic N) is 2. The van der Waals surface area contributed by atoms with Gasteiger partial charge >= 0.3 is 0 Å². The Morgan fingerprint density at radius 1 is 1.25 bits per heavy atom. The molecule has 6 nitrogen and oxygen atoms in total. The molecular formula is C25H33FN4O2. The van der Waals surface area contributed by atoms with Crippen LogP contribution in [0.5, 0.6) is 5.75 Å². The maximum atomic E-state index is 14.0. The van der Waals surface area contributed by atoms with Crippen molar-refractivity contribution in [1.29, 1.82) is 0 Å². The topological polar surface area (TPSA) is 58.1 Å². The zero-order chi connectivity index (χ0) is 22.3. The molecule has 7 heteroatoms. The normalized spacial score (nSPS) is 21.2. The molecule has 2 aromatic rings. The molecule has 0 spiro atoms. The molecule has 2 heterocycles. The first-order valence-corrected chi connectivity index (χ1v) is 11.5. The van der Waals surface area contributed by atoms with Crippen molar-refractivity contribution >= 4 is 5.96 Å². The molecule has 172 valence electrons. The van der Waals surface area contributed by atoms with Crippen molar-refractivity contribution in [2.45, 2.75) is 51.9 Å². The molecule has 0 bridgehead atoms. The summed E-state index contributed by atoms with van der Waals surface area (Å²) in [5.41, 5.74) is 2.94. The number of fused-ring (bicyclic) bond motifs is 1. The minimum atomic E-state index is -0.264. The molecule has 2 aliphatic rings. The van der Waals surface area contributed by atoms with Crippen LogP contribution in [0.25, 0.3) is 0 Å². The van der Waals surface area contributed by atoms with Crippen LogP contribution in [0.2, 0.25) is 0 Å². The van der Waals surface area contributed by atoms with E-state index in [1.54, 1.807) is 6.07 Å². The van der Waals surface area contributed by atoms with Crippen molar-refractivity contribution in [2.24, 2.45) is 4.99 Å². The summed E-state index contributed by atoms with van der Waals surface area (Å²) in [5, 5.41) is 6.94. The van der Waals surface area contributed by atoms with E-state index >= 15 is 0 Å². The molecule has 1 fully saturated rings. The van der Waals surface area contributed by atoms with Crippen molar-refractivity contribution in [3.63, 3.8) is 0 Å². The van der Waals surface area contributed by atoms with E-state index in [1.165, 1.54) is 11.6 Å². The molecule has 2 N–H and O–H groups in total. The van der Waals surface area contributed by atoms with E-state index in [2.05, 4.69) is 59.7 Å². The number of benzene rings is 2. The smallest absolute Gasteiger partial charge is 0.191 e. The lowest BCUT2D eigenvalue weighted by Gasteiger charge is -2.21. The predicted octanol–water partition coefficient (Wildman–Crippen LogP) is 3.45. The maximum absolute atomic E-state index is 14.0. The third kappa shape index (κ3) is 5.78. The van der Waals surface area contributed by atoms with Crippen LogP contribution in [0.1, 0.15) is 37.0 Å². The number of hydrogen-bond acceptors (Lipinski definition) is 4. The van der Waals surface area contributed by atoms with Gasteiger partial charge in [0.1, 0.15) is 11.6 Å². The number of nitrogens with one attached hydrogen (secondary N) is 2. The van der Waals surface area contributed by atoms with Crippen LogP contribution in [0.3, 0.4) is 0 Å². The Labute approximate surface area is 189 Å². The third-order valence-corrected chi connectivity index (χ3v) is 6.02. The SMILES string of the molecule is CCNC(=NCCc1cc(F)cc2c1OCOC2)NC1CC(C)N(Cc2ccccc2)C1. The number of halogens is 1. The van der Waals surface area contributed by atoms with Crippen molar-refractivity contribution < 1.29 is 13.9 Å². The number of rotatable bonds is 7. The molecule has 0 amide bonds. The summed E-state index contributed by atoms with van der Waals surface area (Å²) in [6, 6.07) is 14.5. The Balaban J connectivity index is 1.35. The highest BCUT2D eigenvalue weighted by atomic mass is 19.1. The fraction of sp³-hybridized carbons (Fsp3) is 0.480. The number of aliphatic imine (C=N–C) groups is 1. The summed E-state index contributed by atoms with van der Waals surface area (Å²) in [4.78, 5) is 7.26. The largest absolute Gasteiger partial charge is 0.467 e. The number of guanidine groups is 1. The van der Waals surface area contributed by atoms with Gasteiger partial charge in [-0.3, -0.25) is 9.89 Å². The van der Waals surface area contributed by atoms with Crippen molar-refractivity contribution in [1.82, 2.24) is 15.5 Å². The highest BCUT2D eigenvalue weighted by Crippen LogP contribution is 2.29. The van der Waals surface area contributed by atoms with E-state index < -0.39 is 0 Å². The lowest BCUT2D eigenvalue weighted by molar-refractivity contribution is -0.0172. The van der Waals surface area contributed by atoms with E-state index in [4.69, 9.17) is 14.5 Å². The minimum absolute atomic E-state index is 0.207. The van der Waals surface area contributed by atoms with Gasteiger partial charge in [-0.25, -0.2) is 4.39 Å². The van der Waals surface area contributed by atoms with E-state index in [0.717, 1.165) is 48.9 Å². The molecule has 2 aliphatic heterocycles. The van der Waals surface area contributed by atoms with Gasteiger partial charge in [0.15, 0.2) is 12.8 Å². The van der Waals surface area contributed by atoms with Gasteiger partial charge in [-0.15, -0.1) is 0 Å². The highest BCUT2D eigenvalue weighted by Gasteiger charge is 2.29. The molecular weight excluding hydrogens is 407 g/mol. The second-order valence-corrected chi connectivity index (χ2v) is 8.52. The molecule has 2 atom stereocenters. The molecule has 0 aromatic heterocycles. The van der Waals surface area contributed by atoms with E-state index in [1.807, 2.05) is 0 Å². The molecule has 0 saturated carbocycles. The standard InChI is InChI=1S/C25H33FN4O2/c1-3-27-25(28-10-9-20-12-22(26)13-21-16-31-17-32-24(20)21)29-23-11-18(2)30(15-23)14-19-7-5-4-6-8-19/h4-8,12-13,18,23H,3,9-11,14-17H2,1-2H3,(H2,27,28,29). The van der Waals surface area contributed by atoms with Gasteiger partial charge in [0.05, 0.1) is 6.61 Å².